The summed E-state index contributed by atoms with van der Waals surface area (Å²) in [5.74, 6) is -0.383. The Hall–Kier alpha value is -2.29. The molecule has 140 valence electrons. The second kappa shape index (κ2) is 7.38. The monoisotopic (exact) mass is 368 g/mol. The molecule has 1 saturated carbocycles. The van der Waals surface area contributed by atoms with E-state index in [-0.39, 0.29) is 17.3 Å². The van der Waals surface area contributed by atoms with Gasteiger partial charge in [-0.3, -0.25) is 0 Å². The van der Waals surface area contributed by atoms with Crippen LogP contribution in [-0.2, 0) is 0 Å². The first kappa shape index (κ1) is 18.1. The van der Waals surface area contributed by atoms with Crippen LogP contribution in [-0.4, -0.2) is 0 Å². The molecule has 4 rings (SSSR count). The molecule has 3 aromatic carbocycles. The molecule has 0 aromatic heterocycles. The molecule has 0 amide bonds. The maximum absolute atomic E-state index is 14.9. The third-order valence-corrected chi connectivity index (χ3v) is 6.05. The second-order valence-electron chi connectivity index (χ2n) is 7.69. The Bertz CT molecular complexity index is 946. The van der Waals surface area contributed by atoms with Crippen molar-refractivity contribution in [1.82, 2.24) is 0 Å². The van der Waals surface area contributed by atoms with Crippen molar-refractivity contribution < 1.29 is 13.2 Å². The third kappa shape index (κ3) is 3.60. The predicted molar refractivity (Wildman–Crippen MR) is 104 cm³/mol. The van der Waals surface area contributed by atoms with E-state index in [9.17, 15) is 13.2 Å². The van der Waals surface area contributed by atoms with Crippen LogP contribution in [0.2, 0.25) is 0 Å². The Labute approximate surface area is 158 Å². The van der Waals surface area contributed by atoms with Crippen molar-refractivity contribution >= 4 is 10.8 Å². The van der Waals surface area contributed by atoms with Crippen molar-refractivity contribution in [2.24, 2.45) is 5.92 Å². The van der Waals surface area contributed by atoms with E-state index < -0.39 is 11.6 Å². The van der Waals surface area contributed by atoms with Crippen LogP contribution in [0.4, 0.5) is 13.2 Å². The van der Waals surface area contributed by atoms with E-state index in [0.29, 0.717) is 10.9 Å². The van der Waals surface area contributed by atoms with Crippen LogP contribution in [0, 0.1) is 23.4 Å². The molecule has 0 saturated heterocycles. The van der Waals surface area contributed by atoms with Gasteiger partial charge < -0.3 is 0 Å². The lowest BCUT2D eigenvalue weighted by molar-refractivity contribution is 0.318. The Balaban J connectivity index is 1.67. The molecule has 1 fully saturated rings. The molecular formula is C24H23F3. The Kier molecular flexibility index (Phi) is 4.94. The number of hydrogen-bond acceptors (Lipinski definition) is 0. The molecule has 1 aliphatic rings. The average molecular weight is 368 g/mol. The van der Waals surface area contributed by atoms with E-state index in [0.717, 1.165) is 42.6 Å². The van der Waals surface area contributed by atoms with E-state index in [1.54, 1.807) is 24.3 Å². The van der Waals surface area contributed by atoms with Gasteiger partial charge in [-0.25, -0.2) is 13.2 Å². The molecule has 0 heterocycles. The predicted octanol–water partition coefficient (Wildman–Crippen LogP) is 7.61. The van der Waals surface area contributed by atoms with Crippen molar-refractivity contribution in [3.05, 3.63) is 71.5 Å². The molecule has 0 spiro atoms. The highest BCUT2D eigenvalue weighted by molar-refractivity contribution is 5.87. The summed E-state index contributed by atoms with van der Waals surface area (Å²) >= 11 is 0. The normalized spacial score (nSPS) is 20.1. The summed E-state index contributed by atoms with van der Waals surface area (Å²) in [4.78, 5) is 0. The van der Waals surface area contributed by atoms with Crippen LogP contribution in [0.3, 0.4) is 0 Å². The van der Waals surface area contributed by atoms with Gasteiger partial charge in [-0.2, -0.15) is 0 Å². The van der Waals surface area contributed by atoms with Crippen LogP contribution in [0.15, 0.2) is 48.5 Å². The zero-order chi connectivity index (χ0) is 19.0. The lowest BCUT2D eigenvalue weighted by Crippen LogP contribution is -2.13. The summed E-state index contributed by atoms with van der Waals surface area (Å²) in [7, 11) is 0. The van der Waals surface area contributed by atoms with Crippen molar-refractivity contribution in [2.75, 3.05) is 0 Å². The van der Waals surface area contributed by atoms with Gasteiger partial charge >= 0.3 is 0 Å². The average Bonchev–Trinajstić information content (AvgIpc) is 2.67. The van der Waals surface area contributed by atoms with Gasteiger partial charge in [0, 0.05) is 0 Å². The molecule has 0 nitrogen and oxygen atoms in total. The van der Waals surface area contributed by atoms with Gasteiger partial charge in [0.2, 0.25) is 0 Å². The fourth-order valence-electron chi connectivity index (χ4n) is 4.38. The lowest BCUT2D eigenvalue weighted by Gasteiger charge is -2.28. The fraction of sp³-hybridized carbons (Fsp3) is 0.333. The highest BCUT2D eigenvalue weighted by Gasteiger charge is 2.23. The number of fused-ring (bicyclic) bond motifs is 1. The summed E-state index contributed by atoms with van der Waals surface area (Å²) in [6.45, 7) is 2.21. The standard InChI is InChI=1S/C24H23F3/c1-2-15-3-5-16(6-4-15)20-13-22(26)24(23(27)14-20)19-8-7-18-12-21(25)10-9-17(18)11-19/h7-16H,2-6H2,1H3. The van der Waals surface area contributed by atoms with Crippen LogP contribution in [0.1, 0.15) is 50.5 Å². The van der Waals surface area contributed by atoms with Gasteiger partial charge in [-0.1, -0.05) is 31.5 Å². The SMILES string of the molecule is CCC1CCC(c2cc(F)c(-c3ccc4cc(F)ccc4c3)c(F)c2)CC1. The van der Waals surface area contributed by atoms with Crippen molar-refractivity contribution in [1.29, 1.82) is 0 Å². The molecule has 0 bridgehead atoms. The maximum atomic E-state index is 14.9. The summed E-state index contributed by atoms with van der Waals surface area (Å²) in [5, 5.41) is 1.47. The van der Waals surface area contributed by atoms with E-state index in [2.05, 4.69) is 6.92 Å². The molecular weight excluding hydrogens is 345 g/mol. The number of hydrogen-bond donors (Lipinski definition) is 0. The fourth-order valence-corrected chi connectivity index (χ4v) is 4.38. The van der Waals surface area contributed by atoms with Crippen molar-refractivity contribution in [3.8, 4) is 11.1 Å². The topological polar surface area (TPSA) is 0 Å². The van der Waals surface area contributed by atoms with Gasteiger partial charge in [-0.15, -0.1) is 0 Å². The number of rotatable bonds is 3. The summed E-state index contributed by atoms with van der Waals surface area (Å²) in [6, 6.07) is 12.5. The van der Waals surface area contributed by atoms with Crippen molar-refractivity contribution in [3.63, 3.8) is 0 Å². The van der Waals surface area contributed by atoms with Crippen LogP contribution in [0.5, 0.6) is 0 Å². The minimum Gasteiger partial charge on any atom is -0.207 e. The maximum Gasteiger partial charge on any atom is 0.134 e. The molecule has 3 heteroatoms. The molecule has 0 radical (unpaired) electrons. The van der Waals surface area contributed by atoms with Gasteiger partial charge in [0.25, 0.3) is 0 Å². The lowest BCUT2D eigenvalue weighted by atomic mass is 9.77. The van der Waals surface area contributed by atoms with Gasteiger partial charge in [0.05, 0.1) is 5.56 Å². The Morgan fingerprint density at radius 3 is 2.07 bits per heavy atom. The number of benzene rings is 3. The molecule has 1 aliphatic carbocycles. The zero-order valence-corrected chi connectivity index (χ0v) is 15.4. The molecule has 0 aliphatic heterocycles. The molecule has 27 heavy (non-hydrogen) atoms. The van der Waals surface area contributed by atoms with Gasteiger partial charge in [0.15, 0.2) is 0 Å². The highest BCUT2D eigenvalue weighted by Crippen LogP contribution is 2.39. The molecule has 3 aromatic rings. The minimum atomic E-state index is -0.524. The molecule has 0 N–H and O–H groups in total. The van der Waals surface area contributed by atoms with Crippen molar-refractivity contribution in [2.45, 2.75) is 44.9 Å². The van der Waals surface area contributed by atoms with E-state index in [1.165, 1.54) is 30.7 Å². The summed E-state index contributed by atoms with van der Waals surface area (Å²) < 4.78 is 43.1. The Morgan fingerprint density at radius 2 is 1.41 bits per heavy atom. The molecule has 0 unspecified atom stereocenters. The summed E-state index contributed by atoms with van der Waals surface area (Å²) in [6.07, 6.45) is 5.44. The van der Waals surface area contributed by atoms with E-state index in [1.807, 2.05) is 0 Å². The third-order valence-electron chi connectivity index (χ3n) is 6.05. The molecule has 0 atom stereocenters. The zero-order valence-electron chi connectivity index (χ0n) is 15.4. The van der Waals surface area contributed by atoms with E-state index >= 15 is 0 Å². The second-order valence-corrected chi connectivity index (χ2v) is 7.69. The van der Waals surface area contributed by atoms with Gasteiger partial charge in [-0.05, 0) is 89.8 Å². The quantitative estimate of drug-likeness (QED) is 0.446. The highest BCUT2D eigenvalue weighted by atomic mass is 19.1. The smallest absolute Gasteiger partial charge is 0.134 e. The van der Waals surface area contributed by atoms with Gasteiger partial charge in [0.1, 0.15) is 17.5 Å². The first-order chi connectivity index (χ1) is 13.0. The summed E-state index contributed by atoms with van der Waals surface area (Å²) in [5.41, 5.74) is 1.24. The number of halogens is 3. The van der Waals surface area contributed by atoms with Crippen LogP contribution < -0.4 is 0 Å². The van der Waals surface area contributed by atoms with E-state index in [4.69, 9.17) is 0 Å². The Morgan fingerprint density at radius 1 is 0.778 bits per heavy atom. The first-order valence-electron chi connectivity index (χ1n) is 9.73. The minimum absolute atomic E-state index is 0.00720. The largest absolute Gasteiger partial charge is 0.207 e. The van der Waals surface area contributed by atoms with Crippen LogP contribution in [0.25, 0.3) is 21.9 Å². The first-order valence-corrected chi connectivity index (χ1v) is 9.73. The van der Waals surface area contributed by atoms with Crippen LogP contribution >= 0.6 is 0 Å².